The molecule has 0 spiro atoms. The van der Waals surface area contributed by atoms with Crippen molar-refractivity contribution < 1.29 is 9.47 Å². The Morgan fingerprint density at radius 1 is 1.36 bits per heavy atom. The van der Waals surface area contributed by atoms with E-state index in [0.29, 0.717) is 18.4 Å². The Bertz CT molecular complexity index is 177. The molecule has 0 atom stereocenters. The molecule has 0 saturated carbocycles. The summed E-state index contributed by atoms with van der Waals surface area (Å²) in [6.45, 7) is 10.1. The van der Waals surface area contributed by atoms with Gasteiger partial charge in [-0.1, -0.05) is 0 Å². The second-order valence-corrected chi connectivity index (χ2v) is 4.43. The lowest BCUT2D eigenvalue weighted by molar-refractivity contribution is -0.00721. The number of likely N-dealkylation sites (N-methyl/N-ethyl adjacent to an activating group) is 1. The Morgan fingerprint density at radius 2 is 1.93 bits per heavy atom. The van der Waals surface area contributed by atoms with Gasteiger partial charge < -0.3 is 14.4 Å². The van der Waals surface area contributed by atoms with Crippen LogP contribution >= 0.6 is 12.2 Å². The number of nitrogens with zero attached hydrogens (tertiary/aromatic N) is 1. The van der Waals surface area contributed by atoms with Crippen molar-refractivity contribution in [3.8, 4) is 0 Å². The zero-order chi connectivity index (χ0) is 11.2. The van der Waals surface area contributed by atoms with E-state index in [0.717, 1.165) is 6.54 Å². The Labute approximate surface area is 92.4 Å². The SMILES string of the molecule is CCOC(=S)N(C)CCOC(C)(C)C. The van der Waals surface area contributed by atoms with Crippen LogP contribution in [0.3, 0.4) is 0 Å². The summed E-state index contributed by atoms with van der Waals surface area (Å²) in [5.41, 5.74) is -0.0892. The summed E-state index contributed by atoms with van der Waals surface area (Å²) in [5, 5.41) is 0.532. The molecule has 0 heterocycles. The van der Waals surface area contributed by atoms with Crippen LogP contribution in [0, 0.1) is 0 Å². The fourth-order valence-electron chi connectivity index (χ4n) is 0.814. The molecule has 14 heavy (non-hydrogen) atoms. The highest BCUT2D eigenvalue weighted by atomic mass is 32.1. The van der Waals surface area contributed by atoms with E-state index in [2.05, 4.69) is 0 Å². The van der Waals surface area contributed by atoms with Crippen LogP contribution in [-0.4, -0.2) is 42.5 Å². The normalized spacial score (nSPS) is 11.2. The molecule has 0 aliphatic rings. The lowest BCUT2D eigenvalue weighted by Gasteiger charge is -2.23. The largest absolute Gasteiger partial charge is 0.471 e. The summed E-state index contributed by atoms with van der Waals surface area (Å²) in [4.78, 5) is 1.88. The topological polar surface area (TPSA) is 21.7 Å². The third-order valence-corrected chi connectivity index (χ3v) is 1.97. The first kappa shape index (κ1) is 13.7. The average Bonchev–Trinajstić information content (AvgIpc) is 2.02. The molecule has 0 aliphatic carbocycles. The summed E-state index contributed by atoms with van der Waals surface area (Å²) in [7, 11) is 1.91. The van der Waals surface area contributed by atoms with E-state index >= 15 is 0 Å². The van der Waals surface area contributed by atoms with Crippen molar-refractivity contribution in [3.63, 3.8) is 0 Å². The molecule has 0 saturated heterocycles. The van der Waals surface area contributed by atoms with E-state index in [-0.39, 0.29) is 5.60 Å². The van der Waals surface area contributed by atoms with Gasteiger partial charge in [-0.3, -0.25) is 0 Å². The zero-order valence-electron chi connectivity index (χ0n) is 9.79. The van der Waals surface area contributed by atoms with Gasteiger partial charge in [-0.15, -0.1) is 0 Å². The lowest BCUT2D eigenvalue weighted by atomic mass is 10.2. The number of hydrogen-bond acceptors (Lipinski definition) is 3. The summed E-state index contributed by atoms with van der Waals surface area (Å²) >= 11 is 5.03. The molecule has 0 bridgehead atoms. The van der Waals surface area contributed by atoms with Crippen LogP contribution in [0.1, 0.15) is 27.7 Å². The minimum absolute atomic E-state index is 0.0892. The molecular formula is C10H21NO2S. The van der Waals surface area contributed by atoms with E-state index in [9.17, 15) is 0 Å². The van der Waals surface area contributed by atoms with Gasteiger partial charge in [0.25, 0.3) is 5.17 Å². The number of rotatable bonds is 4. The van der Waals surface area contributed by atoms with Gasteiger partial charge in [0.15, 0.2) is 0 Å². The van der Waals surface area contributed by atoms with Gasteiger partial charge in [0, 0.05) is 13.6 Å². The van der Waals surface area contributed by atoms with Crippen LogP contribution in [-0.2, 0) is 9.47 Å². The van der Waals surface area contributed by atoms with Crippen LogP contribution in [0.2, 0.25) is 0 Å². The Hall–Kier alpha value is -0.350. The average molecular weight is 219 g/mol. The first-order valence-electron chi connectivity index (χ1n) is 4.88. The maximum Gasteiger partial charge on any atom is 0.259 e. The van der Waals surface area contributed by atoms with Gasteiger partial charge in [0.1, 0.15) is 0 Å². The minimum Gasteiger partial charge on any atom is -0.471 e. The number of thiocarbonyl (C=S) groups is 1. The van der Waals surface area contributed by atoms with Crippen LogP contribution in [0.25, 0.3) is 0 Å². The summed E-state index contributed by atoms with van der Waals surface area (Å²) in [6, 6.07) is 0. The van der Waals surface area contributed by atoms with Crippen LogP contribution in [0.5, 0.6) is 0 Å². The second-order valence-electron chi connectivity index (χ2n) is 4.08. The molecule has 0 aliphatic heterocycles. The van der Waals surface area contributed by atoms with Crippen molar-refractivity contribution in [2.45, 2.75) is 33.3 Å². The Kier molecular flexibility index (Phi) is 6.04. The fraction of sp³-hybridized carbons (Fsp3) is 0.900. The Balaban J connectivity index is 3.63. The predicted molar refractivity (Wildman–Crippen MR) is 62.6 cm³/mol. The van der Waals surface area contributed by atoms with Crippen molar-refractivity contribution in [2.24, 2.45) is 0 Å². The summed E-state index contributed by atoms with van der Waals surface area (Å²) < 4.78 is 10.8. The standard InChI is InChI=1S/C10H21NO2S/c1-6-12-9(14)11(5)7-8-13-10(2,3)4/h6-8H2,1-5H3. The van der Waals surface area contributed by atoms with Gasteiger partial charge in [0.2, 0.25) is 0 Å². The van der Waals surface area contributed by atoms with E-state index in [1.54, 1.807) is 0 Å². The lowest BCUT2D eigenvalue weighted by Crippen LogP contribution is -2.32. The third kappa shape index (κ3) is 7.09. The highest BCUT2D eigenvalue weighted by Crippen LogP contribution is 2.06. The van der Waals surface area contributed by atoms with E-state index < -0.39 is 0 Å². The van der Waals surface area contributed by atoms with Gasteiger partial charge in [0.05, 0.1) is 18.8 Å². The first-order chi connectivity index (χ1) is 6.37. The maximum atomic E-state index is 5.57. The molecule has 0 aromatic rings. The van der Waals surface area contributed by atoms with Gasteiger partial charge in [-0.25, -0.2) is 0 Å². The molecule has 0 amide bonds. The highest BCUT2D eigenvalue weighted by Gasteiger charge is 2.11. The van der Waals surface area contributed by atoms with Crippen LogP contribution in [0.4, 0.5) is 0 Å². The predicted octanol–water partition coefficient (Wildman–Crippen LogP) is 2.05. The van der Waals surface area contributed by atoms with Crippen molar-refractivity contribution in [3.05, 3.63) is 0 Å². The molecule has 0 radical (unpaired) electrons. The molecule has 0 N–H and O–H groups in total. The number of hydrogen-bond donors (Lipinski definition) is 0. The molecular weight excluding hydrogens is 198 g/mol. The second kappa shape index (κ2) is 6.19. The third-order valence-electron chi connectivity index (χ3n) is 1.54. The van der Waals surface area contributed by atoms with Crippen molar-refractivity contribution in [1.29, 1.82) is 0 Å². The van der Waals surface area contributed by atoms with Gasteiger partial charge in [-0.2, -0.15) is 0 Å². The van der Waals surface area contributed by atoms with E-state index in [1.807, 2.05) is 39.6 Å². The molecule has 3 nitrogen and oxygen atoms in total. The van der Waals surface area contributed by atoms with Crippen molar-refractivity contribution >= 4 is 17.4 Å². The zero-order valence-corrected chi connectivity index (χ0v) is 10.6. The van der Waals surface area contributed by atoms with Gasteiger partial charge >= 0.3 is 0 Å². The molecule has 84 valence electrons. The minimum atomic E-state index is -0.0892. The smallest absolute Gasteiger partial charge is 0.259 e. The maximum absolute atomic E-state index is 5.57. The molecule has 0 fully saturated rings. The quantitative estimate of drug-likeness (QED) is 0.675. The highest BCUT2D eigenvalue weighted by molar-refractivity contribution is 7.80. The molecule has 0 rings (SSSR count). The Morgan fingerprint density at radius 3 is 2.36 bits per heavy atom. The summed E-state index contributed by atoms with van der Waals surface area (Å²) in [6.07, 6.45) is 0. The molecule has 0 aromatic heterocycles. The van der Waals surface area contributed by atoms with Crippen LogP contribution in [0.15, 0.2) is 0 Å². The summed E-state index contributed by atoms with van der Waals surface area (Å²) in [5.74, 6) is 0. The molecule has 4 heteroatoms. The van der Waals surface area contributed by atoms with E-state index in [1.165, 1.54) is 0 Å². The first-order valence-corrected chi connectivity index (χ1v) is 5.29. The van der Waals surface area contributed by atoms with Crippen molar-refractivity contribution in [1.82, 2.24) is 4.90 Å². The van der Waals surface area contributed by atoms with Gasteiger partial charge in [-0.05, 0) is 39.9 Å². The monoisotopic (exact) mass is 219 g/mol. The molecule has 0 unspecified atom stereocenters. The van der Waals surface area contributed by atoms with Crippen molar-refractivity contribution in [2.75, 3.05) is 26.8 Å². The van der Waals surface area contributed by atoms with E-state index in [4.69, 9.17) is 21.7 Å². The van der Waals surface area contributed by atoms with Crippen LogP contribution < -0.4 is 0 Å². The molecule has 0 aromatic carbocycles. The number of ether oxygens (including phenoxy) is 2. The fourth-order valence-corrected chi connectivity index (χ4v) is 1.02.